The average molecular weight is 912 g/mol. The average Bonchev–Trinajstić information content (AvgIpc) is 3.26. The van der Waals surface area contributed by atoms with Crippen LogP contribution in [0.1, 0.15) is 213 Å². The summed E-state index contributed by atoms with van der Waals surface area (Å²) < 4.78 is 32.7. The third-order valence-electron chi connectivity index (χ3n) is 10.7. The lowest BCUT2D eigenvalue weighted by Gasteiger charge is -2.20. The molecule has 0 bridgehead atoms. The molecule has 1 unspecified atom stereocenters. The van der Waals surface area contributed by atoms with Crippen molar-refractivity contribution < 1.29 is 52.6 Å². The molecule has 0 radical (unpaired) electrons. The summed E-state index contributed by atoms with van der Waals surface area (Å²) in [6, 6.07) is -1.53. The van der Waals surface area contributed by atoms with E-state index >= 15 is 0 Å². The summed E-state index contributed by atoms with van der Waals surface area (Å²) in [5.41, 5.74) is 5.34. The number of ether oxygens (including phenoxy) is 2. The predicted molar refractivity (Wildman–Crippen MR) is 255 cm³/mol. The van der Waals surface area contributed by atoms with E-state index in [0.717, 1.165) is 57.8 Å². The van der Waals surface area contributed by atoms with E-state index in [9.17, 15) is 28.9 Å². The molecule has 0 heterocycles. The number of hydrogen-bond donors (Lipinski definition) is 4. The first-order chi connectivity index (χ1) is 30.5. The third kappa shape index (κ3) is 44.4. The van der Waals surface area contributed by atoms with Gasteiger partial charge >= 0.3 is 25.7 Å². The number of carbonyl (C=O) groups excluding carboxylic acids is 2. The molecule has 0 aliphatic rings. The van der Waals surface area contributed by atoms with Crippen LogP contribution >= 0.6 is 7.82 Å². The molecule has 0 aromatic carbocycles. The van der Waals surface area contributed by atoms with Gasteiger partial charge in [0.05, 0.1) is 19.3 Å². The maximum absolute atomic E-state index is 12.7. The zero-order valence-electron chi connectivity index (χ0n) is 39.5. The standard InChI is InChI=1S/C50H90NO11P/c1-3-5-6-7-8-9-10-11-12-13-14-15-16-17-18-23-26-29-32-35-38-41-49(54)62-46(43-60-63(57,58)61-44-47(51)50(55)56)42-59-48(53)40-37-34-31-28-25-22-20-19-21-24-27-30-33-36-39-45(52)4-2/h20-22,24,28,30-31,33,45-47,52H,3-19,23,25-27,29,32,34-44,51H2,1-2H3,(H,55,56)(H,57,58)/b22-20-,24-21-,31-28-,33-30-/t45-,46+,47-/m0/s1. The van der Waals surface area contributed by atoms with Gasteiger partial charge in [0.1, 0.15) is 12.6 Å². The van der Waals surface area contributed by atoms with Crippen LogP contribution in [-0.2, 0) is 37.5 Å². The number of phosphoric ester groups is 1. The molecule has 0 aliphatic carbocycles. The molecular formula is C50H90NO11P. The Kier molecular flexibility index (Phi) is 42.8. The second-order valence-electron chi connectivity index (χ2n) is 16.7. The highest BCUT2D eigenvalue weighted by molar-refractivity contribution is 7.47. The van der Waals surface area contributed by atoms with Crippen LogP contribution in [-0.4, -0.2) is 71.1 Å². The molecule has 0 aromatic heterocycles. The lowest BCUT2D eigenvalue weighted by atomic mass is 10.0. The largest absolute Gasteiger partial charge is 0.480 e. The molecule has 13 heteroatoms. The Morgan fingerprint density at radius 1 is 0.556 bits per heavy atom. The molecule has 0 saturated heterocycles. The van der Waals surface area contributed by atoms with Crippen LogP contribution in [0.2, 0.25) is 0 Å². The Labute approximate surface area is 382 Å². The van der Waals surface area contributed by atoms with Crippen LogP contribution in [0.25, 0.3) is 0 Å². The van der Waals surface area contributed by atoms with Gasteiger partial charge < -0.3 is 30.3 Å². The minimum atomic E-state index is -4.74. The number of aliphatic carboxylic acids is 1. The highest BCUT2D eigenvalue weighted by atomic mass is 31.2. The number of phosphoric acid groups is 1. The van der Waals surface area contributed by atoms with Crippen LogP contribution in [0.5, 0.6) is 0 Å². The Morgan fingerprint density at radius 2 is 0.968 bits per heavy atom. The fraction of sp³-hybridized carbons (Fsp3) is 0.780. The van der Waals surface area contributed by atoms with E-state index in [1.54, 1.807) is 0 Å². The highest BCUT2D eigenvalue weighted by Gasteiger charge is 2.28. The number of carboxylic acids is 1. The lowest BCUT2D eigenvalue weighted by molar-refractivity contribution is -0.161. The predicted octanol–water partition coefficient (Wildman–Crippen LogP) is 12.7. The normalized spacial score (nSPS) is 14.5. The number of hydrogen-bond acceptors (Lipinski definition) is 10. The summed E-state index contributed by atoms with van der Waals surface area (Å²) >= 11 is 0. The van der Waals surface area contributed by atoms with E-state index in [-0.39, 0.29) is 25.6 Å². The lowest BCUT2D eigenvalue weighted by Crippen LogP contribution is -2.34. The molecule has 0 aliphatic heterocycles. The van der Waals surface area contributed by atoms with Crippen molar-refractivity contribution in [3.8, 4) is 0 Å². The van der Waals surface area contributed by atoms with Crippen molar-refractivity contribution in [3.63, 3.8) is 0 Å². The summed E-state index contributed by atoms with van der Waals surface area (Å²) in [4.78, 5) is 46.1. The second kappa shape index (κ2) is 44.6. The minimum absolute atomic E-state index is 0.133. The van der Waals surface area contributed by atoms with Crippen LogP contribution in [0, 0.1) is 0 Å². The van der Waals surface area contributed by atoms with Crippen molar-refractivity contribution in [2.75, 3.05) is 19.8 Å². The van der Waals surface area contributed by atoms with Crippen molar-refractivity contribution in [3.05, 3.63) is 48.6 Å². The number of rotatable bonds is 46. The number of carbonyl (C=O) groups is 3. The minimum Gasteiger partial charge on any atom is -0.480 e. The maximum Gasteiger partial charge on any atom is 0.472 e. The first kappa shape index (κ1) is 60.4. The monoisotopic (exact) mass is 912 g/mol. The number of nitrogens with two attached hydrogens (primary N) is 1. The number of unbranched alkanes of at least 4 members (excludes halogenated alkanes) is 21. The van der Waals surface area contributed by atoms with E-state index in [4.69, 9.17) is 24.8 Å². The summed E-state index contributed by atoms with van der Waals surface area (Å²) in [6.07, 6.45) is 48.4. The smallest absolute Gasteiger partial charge is 0.472 e. The Hall–Kier alpha value is -2.60. The Balaban J connectivity index is 4.33. The van der Waals surface area contributed by atoms with Crippen molar-refractivity contribution in [1.29, 1.82) is 0 Å². The van der Waals surface area contributed by atoms with Gasteiger partial charge in [-0.05, 0) is 57.8 Å². The van der Waals surface area contributed by atoms with Gasteiger partial charge in [-0.1, -0.05) is 191 Å². The van der Waals surface area contributed by atoms with Crippen LogP contribution in [0.15, 0.2) is 48.6 Å². The molecule has 63 heavy (non-hydrogen) atoms. The molecule has 0 spiro atoms. The molecule has 0 saturated carbocycles. The summed E-state index contributed by atoms with van der Waals surface area (Å²) in [6.45, 7) is 2.49. The van der Waals surface area contributed by atoms with Gasteiger partial charge in [0.25, 0.3) is 0 Å². The van der Waals surface area contributed by atoms with Crippen LogP contribution in [0.3, 0.4) is 0 Å². The van der Waals surface area contributed by atoms with E-state index in [0.29, 0.717) is 19.3 Å². The van der Waals surface area contributed by atoms with Crippen molar-refractivity contribution in [2.45, 2.75) is 231 Å². The third-order valence-corrected chi connectivity index (χ3v) is 11.7. The molecule has 366 valence electrons. The summed E-state index contributed by atoms with van der Waals surface area (Å²) in [5.74, 6) is -2.46. The number of aliphatic hydroxyl groups is 1. The molecule has 4 atom stereocenters. The van der Waals surface area contributed by atoms with Gasteiger partial charge in [-0.2, -0.15) is 0 Å². The van der Waals surface area contributed by atoms with E-state index < -0.39 is 51.1 Å². The van der Waals surface area contributed by atoms with E-state index in [1.165, 1.54) is 109 Å². The summed E-state index contributed by atoms with van der Waals surface area (Å²) in [5, 5.41) is 18.5. The van der Waals surface area contributed by atoms with Crippen molar-refractivity contribution in [2.24, 2.45) is 5.73 Å². The molecule has 0 amide bonds. The topological polar surface area (TPSA) is 192 Å². The second-order valence-corrected chi connectivity index (χ2v) is 18.2. The number of aliphatic hydroxyl groups excluding tert-OH is 1. The number of carboxylic acid groups (broad SMARTS) is 1. The van der Waals surface area contributed by atoms with Gasteiger partial charge in [0.2, 0.25) is 0 Å². The molecule has 5 N–H and O–H groups in total. The quantitative estimate of drug-likeness (QED) is 0.0196. The molecular weight excluding hydrogens is 822 g/mol. The van der Waals surface area contributed by atoms with Gasteiger partial charge in [-0.25, -0.2) is 4.57 Å². The van der Waals surface area contributed by atoms with Gasteiger partial charge in [-0.3, -0.25) is 23.4 Å². The SMILES string of the molecule is CCCCCCCCCCCCCCCCCCCCCCCC(=O)O[C@H](COC(=O)CCC/C=C\C/C=C\C/C=C\C/C=C\CC[C@@H](O)CC)COP(=O)(O)OC[C@H](N)C(=O)O. The first-order valence-corrected chi connectivity index (χ1v) is 26.2. The molecule has 12 nitrogen and oxygen atoms in total. The zero-order chi connectivity index (χ0) is 46.5. The first-order valence-electron chi connectivity index (χ1n) is 24.7. The van der Waals surface area contributed by atoms with Crippen molar-refractivity contribution >= 4 is 25.7 Å². The highest BCUT2D eigenvalue weighted by Crippen LogP contribution is 2.43. The molecule has 0 aromatic rings. The van der Waals surface area contributed by atoms with Crippen LogP contribution < -0.4 is 5.73 Å². The van der Waals surface area contributed by atoms with E-state index in [2.05, 4.69) is 47.9 Å². The number of allylic oxidation sites excluding steroid dienone is 8. The summed E-state index contributed by atoms with van der Waals surface area (Å²) in [7, 11) is -4.74. The Bertz CT molecular complexity index is 1270. The fourth-order valence-corrected chi connectivity index (χ4v) is 7.46. The molecule has 0 rings (SSSR count). The van der Waals surface area contributed by atoms with Crippen molar-refractivity contribution in [1.82, 2.24) is 0 Å². The number of esters is 2. The van der Waals surface area contributed by atoms with Gasteiger partial charge in [0, 0.05) is 12.8 Å². The zero-order valence-corrected chi connectivity index (χ0v) is 40.4. The van der Waals surface area contributed by atoms with E-state index in [1.807, 2.05) is 19.1 Å². The van der Waals surface area contributed by atoms with Gasteiger partial charge in [0.15, 0.2) is 6.10 Å². The van der Waals surface area contributed by atoms with Crippen LogP contribution in [0.4, 0.5) is 0 Å². The Morgan fingerprint density at radius 3 is 1.43 bits per heavy atom. The molecule has 0 fully saturated rings. The maximum atomic E-state index is 12.7. The van der Waals surface area contributed by atoms with Gasteiger partial charge in [-0.15, -0.1) is 0 Å². The fourth-order valence-electron chi connectivity index (χ4n) is 6.69.